The molecule has 0 aromatic carbocycles. The maximum atomic E-state index is 4.20. The molecule has 0 fully saturated rings. The molecule has 60 valence electrons. The van der Waals surface area contributed by atoms with Gasteiger partial charge in [0.15, 0.2) is 0 Å². The summed E-state index contributed by atoms with van der Waals surface area (Å²) >= 11 is 6.77. The fourth-order valence-corrected chi connectivity index (χ4v) is 1.75. The molecule has 0 N–H and O–H groups in total. The van der Waals surface area contributed by atoms with Crippen molar-refractivity contribution in [3.05, 3.63) is 33.6 Å². The maximum Gasteiger partial charge on any atom is 0.0897 e. The van der Waals surface area contributed by atoms with Crippen LogP contribution < -0.4 is 0 Å². The maximum absolute atomic E-state index is 4.20. The molecule has 0 aliphatic heterocycles. The van der Waals surface area contributed by atoms with Crippen molar-refractivity contribution in [3.63, 3.8) is 0 Å². The monoisotopic (exact) mass is 286 g/mol. The Labute approximate surface area is 86.3 Å². The Morgan fingerprint density at radius 1 is 1.08 bits per heavy atom. The summed E-state index contributed by atoms with van der Waals surface area (Å²) in [5, 5.41) is 1.07. The number of aromatic nitrogens is 2. The zero-order chi connectivity index (χ0) is 8.55. The van der Waals surface area contributed by atoms with Gasteiger partial charge in [0.05, 0.1) is 11.7 Å². The van der Waals surface area contributed by atoms with E-state index in [1.54, 1.807) is 18.6 Å². The van der Waals surface area contributed by atoms with Crippen LogP contribution >= 0.6 is 31.9 Å². The Hall–Kier alpha value is -0.480. The van der Waals surface area contributed by atoms with Gasteiger partial charge in [0.2, 0.25) is 0 Å². The molecule has 2 aromatic heterocycles. The van der Waals surface area contributed by atoms with Gasteiger partial charge in [-0.1, -0.05) is 0 Å². The molecule has 0 amide bonds. The van der Waals surface area contributed by atoms with E-state index in [-0.39, 0.29) is 0 Å². The number of halogens is 2. The van der Waals surface area contributed by atoms with Crippen LogP contribution in [0.1, 0.15) is 0 Å². The van der Waals surface area contributed by atoms with Gasteiger partial charge in [0.1, 0.15) is 0 Å². The Morgan fingerprint density at radius 2 is 1.92 bits per heavy atom. The molecule has 4 heteroatoms. The summed E-state index contributed by atoms with van der Waals surface area (Å²) in [7, 11) is 0. The molecule has 0 saturated heterocycles. The summed E-state index contributed by atoms with van der Waals surface area (Å²) in [6.45, 7) is 0. The van der Waals surface area contributed by atoms with Crippen LogP contribution in [-0.4, -0.2) is 9.97 Å². The average molecular weight is 288 g/mol. The van der Waals surface area contributed by atoms with Crippen LogP contribution in [0.3, 0.4) is 0 Å². The number of pyridine rings is 2. The highest BCUT2D eigenvalue weighted by molar-refractivity contribution is 9.11. The smallest absolute Gasteiger partial charge is 0.0897 e. The lowest BCUT2D eigenvalue weighted by Gasteiger charge is -1.98. The molecule has 2 heterocycles. The van der Waals surface area contributed by atoms with Crippen molar-refractivity contribution in [2.45, 2.75) is 0 Å². The zero-order valence-corrected chi connectivity index (χ0v) is 9.13. The predicted molar refractivity (Wildman–Crippen MR) is 54.9 cm³/mol. The van der Waals surface area contributed by atoms with Gasteiger partial charge in [0, 0.05) is 26.7 Å². The van der Waals surface area contributed by atoms with Crippen molar-refractivity contribution in [1.29, 1.82) is 0 Å². The minimum absolute atomic E-state index is 0.896. The van der Waals surface area contributed by atoms with Crippen molar-refractivity contribution >= 4 is 42.8 Å². The van der Waals surface area contributed by atoms with Gasteiger partial charge in [0.25, 0.3) is 0 Å². The van der Waals surface area contributed by atoms with Gasteiger partial charge in [-0.2, -0.15) is 0 Å². The lowest BCUT2D eigenvalue weighted by Crippen LogP contribution is -1.81. The number of nitrogens with zero attached hydrogens (tertiary/aromatic N) is 2. The van der Waals surface area contributed by atoms with E-state index < -0.39 is 0 Å². The first-order chi connectivity index (χ1) is 5.77. The molecule has 12 heavy (non-hydrogen) atoms. The normalized spacial score (nSPS) is 10.5. The van der Waals surface area contributed by atoms with Gasteiger partial charge in [-0.25, -0.2) is 0 Å². The number of rotatable bonds is 0. The van der Waals surface area contributed by atoms with Gasteiger partial charge >= 0.3 is 0 Å². The zero-order valence-electron chi connectivity index (χ0n) is 5.96. The molecule has 0 radical (unpaired) electrons. The highest BCUT2D eigenvalue weighted by Gasteiger charge is 1.99. The van der Waals surface area contributed by atoms with E-state index >= 15 is 0 Å². The number of hydrogen-bond acceptors (Lipinski definition) is 2. The van der Waals surface area contributed by atoms with Crippen LogP contribution in [0.2, 0.25) is 0 Å². The lowest BCUT2D eigenvalue weighted by molar-refractivity contribution is 1.29. The summed E-state index contributed by atoms with van der Waals surface area (Å²) in [6, 6.07) is 2.01. The van der Waals surface area contributed by atoms with Crippen LogP contribution in [0.15, 0.2) is 33.6 Å². The fraction of sp³-hybridized carbons (Fsp3) is 0. The van der Waals surface area contributed by atoms with E-state index in [0.717, 1.165) is 19.8 Å². The molecule has 2 rings (SSSR count). The van der Waals surface area contributed by atoms with Gasteiger partial charge in [-0.15, -0.1) is 0 Å². The number of fused-ring (bicyclic) bond motifs is 1. The second-order valence-electron chi connectivity index (χ2n) is 2.34. The molecule has 0 aliphatic carbocycles. The third-order valence-corrected chi connectivity index (χ3v) is 2.59. The second kappa shape index (κ2) is 3.11. The minimum atomic E-state index is 0.896. The summed E-state index contributed by atoms with van der Waals surface area (Å²) in [6.07, 6.45) is 5.26. The van der Waals surface area contributed by atoms with Crippen LogP contribution in [0.25, 0.3) is 10.9 Å². The molecule has 0 spiro atoms. The topological polar surface area (TPSA) is 25.8 Å². The number of hydrogen-bond donors (Lipinski definition) is 0. The molecule has 0 saturated carbocycles. The van der Waals surface area contributed by atoms with E-state index in [1.807, 2.05) is 6.07 Å². The van der Waals surface area contributed by atoms with Crippen molar-refractivity contribution in [2.24, 2.45) is 0 Å². The van der Waals surface area contributed by atoms with Crippen molar-refractivity contribution in [2.75, 3.05) is 0 Å². The Kier molecular flexibility index (Phi) is 2.11. The summed E-state index contributed by atoms with van der Waals surface area (Å²) in [5.74, 6) is 0. The highest BCUT2D eigenvalue weighted by atomic mass is 79.9. The standard InChI is InChI=1S/C8H4Br2N2/c9-5-1-6-7(10)3-11-4-8(6)12-2-5/h1-4H. The first kappa shape index (κ1) is 8.13. The molecule has 2 nitrogen and oxygen atoms in total. The SMILES string of the molecule is Brc1cnc2cncc(Br)c2c1. The Bertz CT molecular complexity index is 428. The molecule has 0 unspecified atom stereocenters. The molecule has 0 bridgehead atoms. The quantitative estimate of drug-likeness (QED) is 0.744. The first-order valence-electron chi connectivity index (χ1n) is 3.32. The lowest BCUT2D eigenvalue weighted by atomic mass is 10.3. The largest absolute Gasteiger partial charge is 0.261 e. The molecular formula is C8H4Br2N2. The van der Waals surface area contributed by atoms with E-state index in [2.05, 4.69) is 41.8 Å². The van der Waals surface area contributed by atoms with E-state index in [4.69, 9.17) is 0 Å². The highest BCUT2D eigenvalue weighted by Crippen LogP contribution is 2.23. The molecule has 0 aliphatic rings. The van der Waals surface area contributed by atoms with Crippen molar-refractivity contribution in [3.8, 4) is 0 Å². The van der Waals surface area contributed by atoms with Crippen molar-refractivity contribution < 1.29 is 0 Å². The Morgan fingerprint density at radius 3 is 2.75 bits per heavy atom. The Balaban J connectivity index is 2.88. The van der Waals surface area contributed by atoms with Crippen LogP contribution in [0.4, 0.5) is 0 Å². The third kappa shape index (κ3) is 1.36. The second-order valence-corrected chi connectivity index (χ2v) is 4.11. The summed E-state index contributed by atoms with van der Waals surface area (Å²) in [4.78, 5) is 8.22. The molecule has 0 atom stereocenters. The average Bonchev–Trinajstić information content (AvgIpc) is 2.07. The van der Waals surface area contributed by atoms with E-state index in [1.165, 1.54) is 0 Å². The molecular weight excluding hydrogens is 284 g/mol. The first-order valence-corrected chi connectivity index (χ1v) is 4.91. The van der Waals surface area contributed by atoms with Gasteiger partial charge in [-0.3, -0.25) is 9.97 Å². The third-order valence-electron chi connectivity index (χ3n) is 1.53. The van der Waals surface area contributed by atoms with Gasteiger partial charge in [-0.05, 0) is 37.9 Å². The van der Waals surface area contributed by atoms with E-state index in [9.17, 15) is 0 Å². The minimum Gasteiger partial charge on any atom is -0.261 e. The predicted octanol–water partition coefficient (Wildman–Crippen LogP) is 3.15. The van der Waals surface area contributed by atoms with Crippen LogP contribution in [0.5, 0.6) is 0 Å². The van der Waals surface area contributed by atoms with Crippen LogP contribution in [0, 0.1) is 0 Å². The van der Waals surface area contributed by atoms with Crippen molar-refractivity contribution in [1.82, 2.24) is 9.97 Å². The molecule has 2 aromatic rings. The fourth-order valence-electron chi connectivity index (χ4n) is 0.987. The van der Waals surface area contributed by atoms with Crippen LogP contribution in [-0.2, 0) is 0 Å². The summed E-state index contributed by atoms with van der Waals surface area (Å²) in [5.41, 5.74) is 0.896. The van der Waals surface area contributed by atoms with E-state index in [0.29, 0.717) is 0 Å². The van der Waals surface area contributed by atoms with Gasteiger partial charge < -0.3 is 0 Å². The summed E-state index contributed by atoms with van der Waals surface area (Å²) < 4.78 is 1.94.